The third kappa shape index (κ3) is 5.93. The number of aromatic nitrogens is 2. The number of benzene rings is 2. The number of anilines is 1. The number of aliphatic hydroxyl groups is 1. The number of amides is 1. The van der Waals surface area contributed by atoms with Gasteiger partial charge in [0.05, 0.1) is 13.2 Å². The second kappa shape index (κ2) is 11.7. The molecule has 0 atom stereocenters. The summed E-state index contributed by atoms with van der Waals surface area (Å²) in [6.07, 6.45) is 7.00. The molecule has 1 heterocycles. The smallest absolute Gasteiger partial charge is 0.247 e. The fourth-order valence-corrected chi connectivity index (χ4v) is 6.18. The van der Waals surface area contributed by atoms with Crippen LogP contribution in [0.1, 0.15) is 74.3 Å². The third-order valence-electron chi connectivity index (χ3n) is 8.42. The summed E-state index contributed by atoms with van der Waals surface area (Å²) in [7, 11) is 1.72. The van der Waals surface area contributed by atoms with Crippen LogP contribution in [0.5, 0.6) is 5.75 Å². The summed E-state index contributed by atoms with van der Waals surface area (Å²) < 4.78 is 11.1. The van der Waals surface area contributed by atoms with Crippen LogP contribution in [0.25, 0.3) is 11.5 Å². The molecular weight excluding hydrogens is 478 g/mol. The molecule has 1 amide bonds. The van der Waals surface area contributed by atoms with Crippen LogP contribution in [-0.2, 0) is 4.79 Å². The molecule has 38 heavy (non-hydrogen) atoms. The summed E-state index contributed by atoms with van der Waals surface area (Å²) in [5.74, 6) is 3.03. The van der Waals surface area contributed by atoms with Crippen molar-refractivity contribution in [2.45, 2.75) is 77.2 Å². The Labute approximate surface area is 225 Å². The zero-order chi connectivity index (χ0) is 26.6. The van der Waals surface area contributed by atoms with Gasteiger partial charge < -0.3 is 19.2 Å². The summed E-state index contributed by atoms with van der Waals surface area (Å²) in [5, 5.41) is 18.1. The molecule has 0 unspecified atom stereocenters. The molecule has 2 aliphatic rings. The number of methoxy groups -OCH3 is 1. The predicted molar refractivity (Wildman–Crippen MR) is 147 cm³/mol. The highest BCUT2D eigenvalue weighted by molar-refractivity contribution is 5.95. The number of rotatable bonds is 7. The van der Waals surface area contributed by atoms with Gasteiger partial charge in [-0.1, -0.05) is 18.2 Å². The Balaban J connectivity index is 1.32. The summed E-state index contributed by atoms with van der Waals surface area (Å²) >= 11 is 0. The highest BCUT2D eigenvalue weighted by Crippen LogP contribution is 2.39. The maximum atomic E-state index is 13.9. The van der Waals surface area contributed by atoms with E-state index in [2.05, 4.69) is 35.3 Å². The van der Waals surface area contributed by atoms with Gasteiger partial charge in [0.15, 0.2) is 0 Å². The average Bonchev–Trinajstić information content (AvgIpc) is 3.38. The lowest BCUT2D eigenvalue weighted by Crippen LogP contribution is -2.41. The molecule has 2 saturated carbocycles. The molecule has 202 valence electrons. The van der Waals surface area contributed by atoms with Gasteiger partial charge in [0.1, 0.15) is 5.75 Å². The van der Waals surface area contributed by atoms with Crippen molar-refractivity contribution >= 4 is 11.6 Å². The number of carbonyl (C=O) groups excluding carboxylic acids is 1. The molecule has 3 aromatic rings. The van der Waals surface area contributed by atoms with Gasteiger partial charge >= 0.3 is 0 Å². The fourth-order valence-electron chi connectivity index (χ4n) is 6.18. The molecule has 7 heteroatoms. The number of carbonyl (C=O) groups is 1. The normalized spacial score (nSPS) is 23.7. The lowest BCUT2D eigenvalue weighted by Gasteiger charge is -2.36. The Morgan fingerprint density at radius 1 is 1.00 bits per heavy atom. The van der Waals surface area contributed by atoms with Gasteiger partial charge in [-0.15, -0.1) is 10.2 Å². The minimum Gasteiger partial charge on any atom is -0.496 e. The molecule has 0 aliphatic heterocycles. The van der Waals surface area contributed by atoms with Crippen LogP contribution in [0.3, 0.4) is 0 Å². The molecule has 0 bridgehead atoms. The van der Waals surface area contributed by atoms with Crippen LogP contribution in [0.4, 0.5) is 5.69 Å². The number of hydrogen-bond acceptors (Lipinski definition) is 6. The summed E-state index contributed by atoms with van der Waals surface area (Å²) in [4.78, 5) is 15.9. The predicted octanol–water partition coefficient (Wildman–Crippen LogP) is 6.22. The van der Waals surface area contributed by atoms with E-state index in [1.165, 1.54) is 11.1 Å². The van der Waals surface area contributed by atoms with Crippen LogP contribution in [-0.4, -0.2) is 41.0 Å². The van der Waals surface area contributed by atoms with E-state index in [9.17, 15) is 9.90 Å². The van der Waals surface area contributed by atoms with Crippen LogP contribution in [0.2, 0.25) is 0 Å². The van der Waals surface area contributed by atoms with Crippen LogP contribution in [0.15, 0.2) is 46.9 Å². The summed E-state index contributed by atoms with van der Waals surface area (Å²) in [6.45, 7) is 4.58. The Kier molecular flexibility index (Phi) is 8.12. The number of nitrogens with zero attached hydrogens (tertiary/aromatic N) is 3. The van der Waals surface area contributed by atoms with Crippen molar-refractivity contribution in [2.24, 2.45) is 11.8 Å². The van der Waals surface area contributed by atoms with Crippen molar-refractivity contribution in [1.82, 2.24) is 10.2 Å². The molecule has 0 spiro atoms. The molecule has 2 aromatic carbocycles. The van der Waals surface area contributed by atoms with Gasteiger partial charge in [-0.25, -0.2) is 0 Å². The van der Waals surface area contributed by atoms with E-state index in [0.717, 1.165) is 55.5 Å². The largest absolute Gasteiger partial charge is 0.496 e. The van der Waals surface area contributed by atoms with E-state index >= 15 is 0 Å². The Bertz CT molecular complexity index is 1240. The molecule has 0 radical (unpaired) electrons. The number of hydrogen-bond donors (Lipinski definition) is 1. The molecule has 1 N–H and O–H groups in total. The van der Waals surface area contributed by atoms with E-state index in [1.54, 1.807) is 14.0 Å². The zero-order valence-electron chi connectivity index (χ0n) is 22.7. The molecule has 7 nitrogen and oxygen atoms in total. The Morgan fingerprint density at radius 3 is 2.42 bits per heavy atom. The second-order valence-corrected chi connectivity index (χ2v) is 11.1. The minimum absolute atomic E-state index is 0.0497. The van der Waals surface area contributed by atoms with Crippen molar-refractivity contribution in [3.63, 3.8) is 0 Å². The average molecular weight is 518 g/mol. The summed E-state index contributed by atoms with van der Waals surface area (Å²) in [6, 6.07) is 14.4. The first-order valence-corrected chi connectivity index (χ1v) is 14.0. The maximum absolute atomic E-state index is 13.9. The maximum Gasteiger partial charge on any atom is 0.247 e. The lowest BCUT2D eigenvalue weighted by atomic mass is 9.78. The van der Waals surface area contributed by atoms with Gasteiger partial charge in [-0.05, 0) is 106 Å². The second-order valence-electron chi connectivity index (χ2n) is 11.1. The van der Waals surface area contributed by atoms with Gasteiger partial charge in [0, 0.05) is 30.6 Å². The van der Waals surface area contributed by atoms with Crippen LogP contribution < -0.4 is 9.64 Å². The van der Waals surface area contributed by atoms with E-state index in [1.807, 2.05) is 29.2 Å². The first kappa shape index (κ1) is 26.4. The van der Waals surface area contributed by atoms with Gasteiger partial charge in [0.25, 0.3) is 0 Å². The highest BCUT2D eigenvalue weighted by Gasteiger charge is 2.32. The third-order valence-corrected chi connectivity index (χ3v) is 8.42. The standard InChI is InChI=1S/C31H39N3O4/c1-20-17-25(13-16-29(20)37-3)23-9-7-22(8-10-23)19-34(31(36)24-11-14-28(35)15-12-24)27-6-4-5-26(18-27)30-33-32-21(2)38-30/h4-6,13,16-18,22-24,28,35H,7-12,14-15,19H2,1-3H3/t22-,23-,24-,28-. The Morgan fingerprint density at radius 2 is 1.76 bits per heavy atom. The highest BCUT2D eigenvalue weighted by atomic mass is 16.5. The van der Waals surface area contributed by atoms with E-state index < -0.39 is 0 Å². The first-order chi connectivity index (χ1) is 18.4. The molecule has 5 rings (SSSR count). The number of ether oxygens (including phenoxy) is 1. The van der Waals surface area contributed by atoms with Crippen LogP contribution >= 0.6 is 0 Å². The molecule has 2 aliphatic carbocycles. The zero-order valence-corrected chi connectivity index (χ0v) is 22.7. The van der Waals surface area contributed by atoms with Crippen LogP contribution in [0, 0.1) is 25.7 Å². The van der Waals surface area contributed by atoms with E-state index in [4.69, 9.17) is 9.15 Å². The Hall–Kier alpha value is -3.19. The quantitative estimate of drug-likeness (QED) is 0.400. The van der Waals surface area contributed by atoms with E-state index in [-0.39, 0.29) is 17.9 Å². The van der Waals surface area contributed by atoms with Crippen molar-refractivity contribution in [2.75, 3.05) is 18.6 Å². The van der Waals surface area contributed by atoms with Crippen molar-refractivity contribution in [3.05, 3.63) is 59.5 Å². The first-order valence-electron chi connectivity index (χ1n) is 14.0. The van der Waals surface area contributed by atoms with Crippen molar-refractivity contribution < 1.29 is 19.1 Å². The van der Waals surface area contributed by atoms with Crippen molar-refractivity contribution in [3.8, 4) is 17.2 Å². The monoisotopic (exact) mass is 517 g/mol. The van der Waals surface area contributed by atoms with E-state index in [0.29, 0.717) is 43.0 Å². The van der Waals surface area contributed by atoms with Gasteiger partial charge in [0.2, 0.25) is 17.7 Å². The van der Waals surface area contributed by atoms with Crippen molar-refractivity contribution in [1.29, 1.82) is 0 Å². The molecule has 1 aromatic heterocycles. The lowest BCUT2D eigenvalue weighted by molar-refractivity contribution is -0.124. The fraction of sp³-hybridized carbons (Fsp3) is 0.516. The minimum atomic E-state index is -0.284. The van der Waals surface area contributed by atoms with Gasteiger partial charge in [-0.3, -0.25) is 4.79 Å². The summed E-state index contributed by atoms with van der Waals surface area (Å²) in [5.41, 5.74) is 4.26. The molecule has 0 saturated heterocycles. The SMILES string of the molecule is COc1ccc([C@H]2CC[C@H](CN(c3cccc(-c4nnc(C)o4)c3)C(=O)[C@H]3CC[C@H](O)CC3)CC2)cc1C. The molecule has 2 fully saturated rings. The topological polar surface area (TPSA) is 88.7 Å². The van der Waals surface area contributed by atoms with Gasteiger partial charge in [-0.2, -0.15) is 0 Å². The molecular formula is C31H39N3O4. The number of aliphatic hydroxyl groups excluding tert-OH is 1. The number of aryl methyl sites for hydroxylation is 2.